The number of nitrogens with one attached hydrogen (secondary N) is 1. The average Bonchev–Trinajstić information content (AvgIpc) is 2.23. The lowest BCUT2D eigenvalue weighted by molar-refractivity contribution is 0.0378. The molecule has 3 nitrogen and oxygen atoms in total. The molecule has 0 bridgehead atoms. The van der Waals surface area contributed by atoms with Gasteiger partial charge >= 0.3 is 6.09 Å². The molecule has 1 aromatic rings. The minimum atomic E-state index is -0.491. The highest BCUT2D eigenvalue weighted by Crippen LogP contribution is 2.37. The fraction of sp³-hybridized carbons (Fsp3) is 0.462. The summed E-state index contributed by atoms with van der Waals surface area (Å²) in [5, 5.41) is 2.68. The lowest BCUT2D eigenvalue weighted by Crippen LogP contribution is -2.47. The van der Waals surface area contributed by atoms with Crippen molar-refractivity contribution in [3.8, 4) is 0 Å². The predicted molar refractivity (Wildman–Crippen MR) is 62.1 cm³/mol. The summed E-state index contributed by atoms with van der Waals surface area (Å²) in [7, 11) is 0. The van der Waals surface area contributed by atoms with Gasteiger partial charge in [-0.25, -0.2) is 9.18 Å². The van der Waals surface area contributed by atoms with Gasteiger partial charge in [0.1, 0.15) is 12.4 Å². The first-order chi connectivity index (χ1) is 7.90. The molecular formula is C13H16FNO2. The molecule has 0 aromatic heterocycles. The number of alkyl carbamates (subject to hydrolysis) is 1. The van der Waals surface area contributed by atoms with E-state index >= 15 is 0 Å². The number of amides is 1. The summed E-state index contributed by atoms with van der Waals surface area (Å²) < 4.78 is 18.8. The fourth-order valence-corrected chi connectivity index (χ4v) is 2.05. The fourth-order valence-electron chi connectivity index (χ4n) is 2.05. The Labute approximate surface area is 100.0 Å². The third-order valence-corrected chi connectivity index (χ3v) is 3.09. The summed E-state index contributed by atoms with van der Waals surface area (Å²) in [6.07, 6.45) is -0.491. The monoisotopic (exact) mass is 237 g/mol. The zero-order valence-corrected chi connectivity index (χ0v) is 10.2. The summed E-state index contributed by atoms with van der Waals surface area (Å²) in [6, 6.07) is 4.69. The number of benzene rings is 1. The molecular weight excluding hydrogens is 221 g/mol. The summed E-state index contributed by atoms with van der Waals surface area (Å²) >= 11 is 0. The number of aryl methyl sites for hydroxylation is 1. The van der Waals surface area contributed by atoms with Gasteiger partial charge in [0, 0.05) is 11.0 Å². The van der Waals surface area contributed by atoms with E-state index in [2.05, 4.69) is 5.32 Å². The van der Waals surface area contributed by atoms with Gasteiger partial charge in [-0.05, 0) is 18.6 Å². The van der Waals surface area contributed by atoms with E-state index in [0.29, 0.717) is 5.56 Å². The molecule has 0 unspecified atom stereocenters. The first-order valence-electron chi connectivity index (χ1n) is 5.59. The zero-order chi connectivity index (χ0) is 12.6. The van der Waals surface area contributed by atoms with Gasteiger partial charge in [0.2, 0.25) is 0 Å². The third-order valence-electron chi connectivity index (χ3n) is 3.09. The van der Waals surface area contributed by atoms with Gasteiger partial charge in [0.15, 0.2) is 0 Å². The molecule has 2 rings (SSSR count). The Kier molecular flexibility index (Phi) is 2.81. The van der Waals surface area contributed by atoms with Crippen LogP contribution in [0.4, 0.5) is 9.18 Å². The number of hydrogen-bond donors (Lipinski definition) is 1. The Morgan fingerprint density at radius 3 is 2.82 bits per heavy atom. The molecule has 92 valence electrons. The average molecular weight is 237 g/mol. The molecule has 1 aliphatic heterocycles. The first-order valence-corrected chi connectivity index (χ1v) is 5.59. The number of carbonyl (C=O) groups excluding carboxylic acids is 1. The second kappa shape index (κ2) is 4.02. The van der Waals surface area contributed by atoms with Crippen LogP contribution in [-0.2, 0) is 4.74 Å². The Morgan fingerprint density at radius 2 is 2.18 bits per heavy atom. The van der Waals surface area contributed by atoms with Crippen molar-refractivity contribution in [2.24, 2.45) is 5.41 Å². The van der Waals surface area contributed by atoms with E-state index in [1.807, 2.05) is 26.8 Å². The Hall–Kier alpha value is -1.58. The molecule has 0 radical (unpaired) electrons. The van der Waals surface area contributed by atoms with E-state index < -0.39 is 6.09 Å². The lowest BCUT2D eigenvalue weighted by Gasteiger charge is -2.38. The lowest BCUT2D eigenvalue weighted by atomic mass is 9.80. The first kappa shape index (κ1) is 11.9. The second-order valence-corrected chi connectivity index (χ2v) is 5.17. The van der Waals surface area contributed by atoms with Crippen molar-refractivity contribution in [2.75, 3.05) is 6.61 Å². The normalized spacial score (nSPS) is 22.8. The van der Waals surface area contributed by atoms with E-state index in [1.165, 1.54) is 6.07 Å². The van der Waals surface area contributed by atoms with Crippen LogP contribution in [0.5, 0.6) is 0 Å². The van der Waals surface area contributed by atoms with Crippen LogP contribution in [0.3, 0.4) is 0 Å². The van der Waals surface area contributed by atoms with Crippen LogP contribution in [-0.4, -0.2) is 12.7 Å². The maximum atomic E-state index is 13.9. The minimum Gasteiger partial charge on any atom is -0.449 e. The van der Waals surface area contributed by atoms with Crippen LogP contribution < -0.4 is 5.32 Å². The number of cyclic esters (lactones) is 1. The number of ether oxygens (including phenoxy) is 1. The second-order valence-electron chi connectivity index (χ2n) is 5.17. The molecule has 1 heterocycles. The van der Waals surface area contributed by atoms with Crippen LogP contribution in [0.25, 0.3) is 0 Å². The SMILES string of the molecule is Cc1ccc([C@@H]2NC(=O)OCC2(C)C)c(F)c1. The quantitative estimate of drug-likeness (QED) is 0.815. The van der Waals surface area contributed by atoms with Crippen molar-refractivity contribution in [1.82, 2.24) is 5.32 Å². The number of hydrogen-bond acceptors (Lipinski definition) is 2. The molecule has 1 amide bonds. The minimum absolute atomic E-state index is 0.287. The summed E-state index contributed by atoms with van der Waals surface area (Å²) in [4.78, 5) is 11.3. The summed E-state index contributed by atoms with van der Waals surface area (Å²) in [5.41, 5.74) is 1.05. The van der Waals surface area contributed by atoms with Crippen LogP contribution in [0.15, 0.2) is 18.2 Å². The number of rotatable bonds is 1. The van der Waals surface area contributed by atoms with E-state index in [0.717, 1.165) is 5.56 Å². The molecule has 1 aliphatic rings. The highest BCUT2D eigenvalue weighted by Gasteiger charge is 2.39. The molecule has 1 aromatic carbocycles. The van der Waals surface area contributed by atoms with Crippen molar-refractivity contribution in [3.63, 3.8) is 0 Å². The molecule has 1 saturated heterocycles. The third kappa shape index (κ3) is 2.25. The van der Waals surface area contributed by atoms with Gasteiger partial charge in [0.25, 0.3) is 0 Å². The summed E-state index contributed by atoms with van der Waals surface area (Å²) in [5.74, 6) is -0.287. The molecule has 17 heavy (non-hydrogen) atoms. The topological polar surface area (TPSA) is 38.3 Å². The van der Waals surface area contributed by atoms with Gasteiger partial charge in [-0.1, -0.05) is 26.0 Å². The maximum Gasteiger partial charge on any atom is 0.407 e. The molecule has 4 heteroatoms. The molecule has 0 aliphatic carbocycles. The summed E-state index contributed by atoms with van der Waals surface area (Å²) in [6.45, 7) is 6.00. The van der Waals surface area contributed by atoms with Crippen LogP contribution in [0.2, 0.25) is 0 Å². The van der Waals surface area contributed by atoms with E-state index in [9.17, 15) is 9.18 Å². The zero-order valence-electron chi connectivity index (χ0n) is 10.2. The van der Waals surface area contributed by atoms with Gasteiger partial charge in [-0.2, -0.15) is 0 Å². The smallest absolute Gasteiger partial charge is 0.407 e. The van der Waals surface area contributed by atoms with Gasteiger partial charge < -0.3 is 10.1 Å². The molecule has 0 spiro atoms. The van der Waals surface area contributed by atoms with Crippen molar-refractivity contribution >= 4 is 6.09 Å². The van der Waals surface area contributed by atoms with Gasteiger partial charge in [0.05, 0.1) is 6.04 Å². The Bertz CT molecular complexity index is 457. The number of halogens is 1. The Morgan fingerprint density at radius 1 is 1.47 bits per heavy atom. The van der Waals surface area contributed by atoms with E-state index in [-0.39, 0.29) is 23.9 Å². The molecule has 1 N–H and O–H groups in total. The molecule has 1 fully saturated rings. The highest BCUT2D eigenvalue weighted by atomic mass is 19.1. The van der Waals surface area contributed by atoms with Crippen molar-refractivity contribution in [2.45, 2.75) is 26.8 Å². The number of carbonyl (C=O) groups is 1. The standard InChI is InChI=1S/C13H16FNO2/c1-8-4-5-9(10(14)6-8)11-13(2,3)7-17-12(16)15-11/h4-6,11H,7H2,1-3H3,(H,15,16)/t11-/m0/s1. The van der Waals surface area contributed by atoms with Crippen molar-refractivity contribution in [3.05, 3.63) is 35.1 Å². The van der Waals surface area contributed by atoms with Crippen molar-refractivity contribution in [1.29, 1.82) is 0 Å². The molecule has 0 saturated carbocycles. The highest BCUT2D eigenvalue weighted by molar-refractivity contribution is 5.69. The van der Waals surface area contributed by atoms with Crippen LogP contribution in [0.1, 0.15) is 31.0 Å². The van der Waals surface area contributed by atoms with Gasteiger partial charge in [-0.3, -0.25) is 0 Å². The molecule has 1 atom stereocenters. The van der Waals surface area contributed by atoms with Crippen LogP contribution in [0, 0.1) is 18.2 Å². The van der Waals surface area contributed by atoms with Crippen molar-refractivity contribution < 1.29 is 13.9 Å². The van der Waals surface area contributed by atoms with Gasteiger partial charge in [-0.15, -0.1) is 0 Å². The largest absolute Gasteiger partial charge is 0.449 e. The Balaban J connectivity index is 2.39. The van der Waals surface area contributed by atoms with E-state index in [1.54, 1.807) is 6.07 Å². The van der Waals surface area contributed by atoms with Crippen LogP contribution >= 0.6 is 0 Å². The van der Waals surface area contributed by atoms with E-state index in [4.69, 9.17) is 4.74 Å². The predicted octanol–water partition coefficient (Wildman–Crippen LogP) is 2.94. The maximum absolute atomic E-state index is 13.9.